The Morgan fingerprint density at radius 2 is 2.11 bits per heavy atom. The normalized spacial score (nSPS) is 18.5. The Morgan fingerprint density at radius 1 is 1.39 bits per heavy atom. The van der Waals surface area contributed by atoms with Crippen LogP contribution in [0.3, 0.4) is 0 Å². The number of carbonyl (C=O) groups excluding carboxylic acids is 2. The van der Waals surface area contributed by atoms with Crippen LogP contribution in [0.4, 0.5) is 4.79 Å². The second kappa shape index (κ2) is 6.83. The fourth-order valence-electron chi connectivity index (χ4n) is 1.88. The SMILES string of the molecule is COC(=O)NC1CCN(C(=O)CCCC(=O)O)C1. The molecule has 18 heavy (non-hydrogen) atoms. The van der Waals surface area contributed by atoms with Gasteiger partial charge in [-0.2, -0.15) is 0 Å². The molecular formula is C11H18N2O5. The van der Waals surface area contributed by atoms with Gasteiger partial charge in [0, 0.05) is 25.9 Å². The first kappa shape index (κ1) is 14.3. The minimum Gasteiger partial charge on any atom is -0.481 e. The zero-order valence-corrected chi connectivity index (χ0v) is 10.3. The molecule has 1 rings (SSSR count). The van der Waals surface area contributed by atoms with E-state index < -0.39 is 12.1 Å². The quantitative estimate of drug-likeness (QED) is 0.734. The van der Waals surface area contributed by atoms with Gasteiger partial charge in [-0.3, -0.25) is 9.59 Å². The molecule has 0 aliphatic carbocycles. The van der Waals surface area contributed by atoms with E-state index in [1.165, 1.54) is 7.11 Å². The van der Waals surface area contributed by atoms with Crippen LogP contribution in [0.25, 0.3) is 0 Å². The van der Waals surface area contributed by atoms with E-state index in [0.29, 0.717) is 25.9 Å². The lowest BCUT2D eigenvalue weighted by Crippen LogP contribution is -2.38. The van der Waals surface area contributed by atoms with E-state index >= 15 is 0 Å². The molecule has 1 saturated heterocycles. The van der Waals surface area contributed by atoms with E-state index in [1.807, 2.05) is 0 Å². The highest BCUT2D eigenvalue weighted by Crippen LogP contribution is 2.12. The standard InChI is InChI=1S/C11H18N2O5/c1-18-11(17)12-8-5-6-13(7-8)9(14)3-2-4-10(15)16/h8H,2-7H2,1H3,(H,12,17)(H,15,16). The topological polar surface area (TPSA) is 95.9 Å². The lowest BCUT2D eigenvalue weighted by atomic mass is 10.2. The molecule has 1 aliphatic rings. The number of alkyl carbamates (subject to hydrolysis) is 1. The van der Waals surface area contributed by atoms with Crippen LogP contribution in [-0.4, -0.2) is 54.2 Å². The molecule has 1 atom stereocenters. The maximum absolute atomic E-state index is 11.7. The van der Waals surface area contributed by atoms with Crippen molar-refractivity contribution in [1.82, 2.24) is 10.2 Å². The first-order valence-electron chi connectivity index (χ1n) is 5.87. The van der Waals surface area contributed by atoms with Crippen molar-refractivity contribution in [2.24, 2.45) is 0 Å². The number of amides is 2. The first-order valence-corrected chi connectivity index (χ1v) is 5.87. The van der Waals surface area contributed by atoms with Crippen LogP contribution in [-0.2, 0) is 14.3 Å². The van der Waals surface area contributed by atoms with Crippen molar-refractivity contribution >= 4 is 18.0 Å². The molecule has 7 heteroatoms. The number of ether oxygens (including phenoxy) is 1. The number of rotatable bonds is 5. The molecule has 0 aromatic rings. The average molecular weight is 258 g/mol. The van der Waals surface area contributed by atoms with Gasteiger partial charge in [-0.15, -0.1) is 0 Å². The van der Waals surface area contributed by atoms with Gasteiger partial charge in [-0.1, -0.05) is 0 Å². The Kier molecular flexibility index (Phi) is 5.41. The second-order valence-electron chi connectivity index (χ2n) is 4.21. The summed E-state index contributed by atoms with van der Waals surface area (Å²) in [6.07, 6.45) is 0.778. The summed E-state index contributed by atoms with van der Waals surface area (Å²) in [5, 5.41) is 11.1. The van der Waals surface area contributed by atoms with Gasteiger partial charge in [0.05, 0.1) is 13.2 Å². The van der Waals surface area contributed by atoms with Gasteiger partial charge in [-0.05, 0) is 12.8 Å². The molecule has 1 unspecified atom stereocenters. The first-order chi connectivity index (χ1) is 8.52. The summed E-state index contributed by atoms with van der Waals surface area (Å²) in [4.78, 5) is 34.7. The van der Waals surface area contributed by atoms with Crippen LogP contribution < -0.4 is 5.32 Å². The molecule has 2 N–H and O–H groups in total. The zero-order chi connectivity index (χ0) is 13.5. The predicted molar refractivity (Wildman–Crippen MR) is 62.0 cm³/mol. The molecule has 1 aliphatic heterocycles. The maximum atomic E-state index is 11.7. The molecule has 0 bridgehead atoms. The van der Waals surface area contributed by atoms with Gasteiger partial charge < -0.3 is 20.1 Å². The van der Waals surface area contributed by atoms with E-state index in [4.69, 9.17) is 5.11 Å². The van der Waals surface area contributed by atoms with Gasteiger partial charge in [0.2, 0.25) is 5.91 Å². The summed E-state index contributed by atoms with van der Waals surface area (Å²) in [6, 6.07) is -0.0825. The summed E-state index contributed by atoms with van der Waals surface area (Å²) in [5.41, 5.74) is 0. The molecular weight excluding hydrogens is 240 g/mol. The molecule has 0 radical (unpaired) electrons. The number of aliphatic carboxylic acids is 1. The summed E-state index contributed by atoms with van der Waals surface area (Å²) in [6.45, 7) is 1.04. The van der Waals surface area contributed by atoms with Crippen LogP contribution in [0.1, 0.15) is 25.7 Å². The summed E-state index contributed by atoms with van der Waals surface area (Å²) in [5.74, 6) is -0.958. The van der Waals surface area contributed by atoms with Gasteiger partial charge in [0.25, 0.3) is 0 Å². The number of carboxylic acids is 1. The van der Waals surface area contributed by atoms with Crippen molar-refractivity contribution in [3.05, 3.63) is 0 Å². The average Bonchev–Trinajstić information content (AvgIpc) is 2.76. The number of methoxy groups -OCH3 is 1. The van der Waals surface area contributed by atoms with Gasteiger partial charge in [0.15, 0.2) is 0 Å². The number of hydrogen-bond donors (Lipinski definition) is 2. The fourth-order valence-corrected chi connectivity index (χ4v) is 1.88. The number of carbonyl (C=O) groups is 3. The Morgan fingerprint density at radius 3 is 2.72 bits per heavy atom. The highest BCUT2D eigenvalue weighted by Gasteiger charge is 2.27. The minimum absolute atomic E-state index is 0.00339. The molecule has 102 valence electrons. The third kappa shape index (κ3) is 4.60. The molecule has 0 saturated carbocycles. The van der Waals surface area contributed by atoms with Crippen molar-refractivity contribution < 1.29 is 24.2 Å². The van der Waals surface area contributed by atoms with Crippen LogP contribution in [0, 0.1) is 0 Å². The Bertz CT molecular complexity index is 331. The predicted octanol–water partition coefficient (Wildman–Crippen LogP) is 0.198. The molecule has 0 aromatic carbocycles. The molecule has 0 aromatic heterocycles. The van der Waals surface area contributed by atoms with Crippen LogP contribution in [0.15, 0.2) is 0 Å². The van der Waals surface area contributed by atoms with E-state index in [2.05, 4.69) is 10.1 Å². The van der Waals surface area contributed by atoms with E-state index in [-0.39, 0.29) is 24.8 Å². The van der Waals surface area contributed by atoms with Crippen molar-refractivity contribution in [2.45, 2.75) is 31.7 Å². The maximum Gasteiger partial charge on any atom is 0.407 e. The molecule has 2 amide bonds. The lowest BCUT2D eigenvalue weighted by Gasteiger charge is -2.16. The van der Waals surface area contributed by atoms with Crippen molar-refractivity contribution in [3.63, 3.8) is 0 Å². The Balaban J connectivity index is 2.26. The number of nitrogens with zero attached hydrogens (tertiary/aromatic N) is 1. The number of carboxylic acid groups (broad SMARTS) is 1. The number of likely N-dealkylation sites (tertiary alicyclic amines) is 1. The highest BCUT2D eigenvalue weighted by atomic mass is 16.5. The zero-order valence-electron chi connectivity index (χ0n) is 10.3. The molecule has 1 heterocycles. The Labute approximate surface area is 105 Å². The third-order valence-electron chi connectivity index (χ3n) is 2.83. The van der Waals surface area contributed by atoms with Gasteiger partial charge in [0.1, 0.15) is 0 Å². The highest BCUT2D eigenvalue weighted by molar-refractivity contribution is 5.77. The fraction of sp³-hybridized carbons (Fsp3) is 0.727. The monoisotopic (exact) mass is 258 g/mol. The van der Waals surface area contributed by atoms with Crippen molar-refractivity contribution in [3.8, 4) is 0 Å². The molecule has 7 nitrogen and oxygen atoms in total. The summed E-state index contributed by atoms with van der Waals surface area (Å²) in [7, 11) is 1.29. The molecule has 0 spiro atoms. The van der Waals surface area contributed by atoms with Crippen molar-refractivity contribution in [1.29, 1.82) is 0 Å². The van der Waals surface area contributed by atoms with E-state index in [9.17, 15) is 14.4 Å². The molecule has 1 fully saturated rings. The Hall–Kier alpha value is -1.79. The summed E-state index contributed by atoms with van der Waals surface area (Å²) >= 11 is 0. The van der Waals surface area contributed by atoms with Crippen molar-refractivity contribution in [2.75, 3.05) is 20.2 Å². The number of nitrogens with one attached hydrogen (secondary N) is 1. The van der Waals surface area contributed by atoms with Crippen LogP contribution >= 0.6 is 0 Å². The number of hydrogen-bond acceptors (Lipinski definition) is 4. The second-order valence-corrected chi connectivity index (χ2v) is 4.21. The van der Waals surface area contributed by atoms with Crippen LogP contribution in [0.5, 0.6) is 0 Å². The lowest BCUT2D eigenvalue weighted by molar-refractivity contribution is -0.137. The van der Waals surface area contributed by atoms with Crippen LogP contribution in [0.2, 0.25) is 0 Å². The summed E-state index contributed by atoms with van der Waals surface area (Å²) < 4.78 is 4.48. The smallest absolute Gasteiger partial charge is 0.407 e. The van der Waals surface area contributed by atoms with Gasteiger partial charge in [-0.25, -0.2) is 4.79 Å². The van der Waals surface area contributed by atoms with E-state index in [0.717, 1.165) is 0 Å². The minimum atomic E-state index is -0.894. The van der Waals surface area contributed by atoms with Gasteiger partial charge >= 0.3 is 12.1 Å². The van der Waals surface area contributed by atoms with E-state index in [1.54, 1.807) is 4.90 Å². The third-order valence-corrected chi connectivity index (χ3v) is 2.83. The largest absolute Gasteiger partial charge is 0.481 e.